The average molecular weight is 434 g/mol. The number of hydrogen-bond acceptors (Lipinski definition) is 4. The zero-order valence-corrected chi connectivity index (χ0v) is 18.7. The van der Waals surface area contributed by atoms with Crippen LogP contribution in [0, 0.1) is 12.8 Å². The highest BCUT2D eigenvalue weighted by atomic mass is 16.5. The van der Waals surface area contributed by atoms with E-state index in [9.17, 15) is 4.79 Å². The van der Waals surface area contributed by atoms with Gasteiger partial charge in [0.1, 0.15) is 0 Å². The van der Waals surface area contributed by atoms with Gasteiger partial charge in [-0.1, -0.05) is 35.9 Å². The number of aryl methyl sites for hydroxylation is 1. The van der Waals surface area contributed by atoms with Crippen molar-refractivity contribution in [3.8, 4) is 0 Å². The lowest BCUT2D eigenvalue weighted by Gasteiger charge is -2.40. The topological polar surface area (TPSA) is 56.1 Å². The Morgan fingerprint density at radius 1 is 1.12 bits per heavy atom. The number of carbonyl (C=O) groups excluding carboxylic acids is 1. The number of nitrogens with zero attached hydrogens (tertiary/aromatic N) is 3. The summed E-state index contributed by atoms with van der Waals surface area (Å²) in [6, 6.07) is 14.7. The molecule has 168 valence electrons. The molecule has 2 aliphatic rings. The molecule has 0 radical (unpaired) electrons. The number of amides is 1. The summed E-state index contributed by atoms with van der Waals surface area (Å²) in [5, 5.41) is 4.35. The van der Waals surface area contributed by atoms with Crippen molar-refractivity contribution in [2.45, 2.75) is 31.6 Å². The Labute approximate surface area is 189 Å². The van der Waals surface area contributed by atoms with Gasteiger partial charge in [-0.2, -0.15) is 5.10 Å². The smallest absolute Gasteiger partial charge is 0.233 e. The molecule has 0 spiro atoms. The molecule has 2 aromatic heterocycles. The van der Waals surface area contributed by atoms with Crippen molar-refractivity contribution in [3.63, 3.8) is 0 Å². The Hall–Kier alpha value is -2.70. The minimum Gasteiger partial charge on any atom is -0.381 e. The molecule has 0 N–H and O–H groups in total. The molecule has 1 atom stereocenters. The number of benzene rings is 1. The highest BCUT2D eigenvalue weighted by Gasteiger charge is 2.44. The first kappa shape index (κ1) is 21.2. The van der Waals surface area contributed by atoms with Gasteiger partial charge in [0.15, 0.2) is 0 Å². The highest BCUT2D eigenvalue weighted by molar-refractivity contribution is 5.88. The van der Waals surface area contributed by atoms with Crippen LogP contribution in [0.2, 0.25) is 0 Å². The molecule has 3 aromatic rings. The first-order valence-corrected chi connectivity index (χ1v) is 11.6. The molecule has 6 nitrogen and oxygen atoms in total. The van der Waals surface area contributed by atoms with Gasteiger partial charge in [0, 0.05) is 44.6 Å². The molecule has 0 saturated carbocycles. The van der Waals surface area contributed by atoms with Gasteiger partial charge in [-0.15, -0.1) is 0 Å². The number of fused-ring (bicyclic) bond motifs is 1. The summed E-state index contributed by atoms with van der Waals surface area (Å²) in [6.07, 6.45) is 6.11. The molecule has 4 heterocycles. The maximum absolute atomic E-state index is 14.1. The molecule has 5 rings (SSSR count). The van der Waals surface area contributed by atoms with Gasteiger partial charge in [0.05, 0.1) is 24.1 Å². The summed E-state index contributed by atoms with van der Waals surface area (Å²) in [5.74, 6) is 0.474. The largest absolute Gasteiger partial charge is 0.381 e. The van der Waals surface area contributed by atoms with Crippen molar-refractivity contribution in [1.82, 2.24) is 14.5 Å². The molecule has 6 heteroatoms. The molecule has 1 amide bonds. The van der Waals surface area contributed by atoms with Crippen LogP contribution in [0.15, 0.2) is 54.9 Å². The van der Waals surface area contributed by atoms with Gasteiger partial charge in [-0.3, -0.25) is 4.79 Å². The monoisotopic (exact) mass is 433 g/mol. The predicted octanol–water partition coefficient (Wildman–Crippen LogP) is 3.41. The number of aromatic nitrogens is 2. The Kier molecular flexibility index (Phi) is 5.98. The summed E-state index contributed by atoms with van der Waals surface area (Å²) in [4.78, 5) is 16.2. The van der Waals surface area contributed by atoms with E-state index in [-0.39, 0.29) is 11.8 Å². The van der Waals surface area contributed by atoms with Crippen LogP contribution in [0.4, 0.5) is 0 Å². The fraction of sp³-hybridized carbons (Fsp3) is 0.462. The zero-order chi connectivity index (χ0) is 22.0. The van der Waals surface area contributed by atoms with E-state index in [0.717, 1.165) is 30.3 Å². The van der Waals surface area contributed by atoms with Crippen molar-refractivity contribution in [2.75, 3.05) is 39.5 Å². The lowest BCUT2D eigenvalue weighted by atomic mass is 9.72. The molecular weight excluding hydrogens is 402 g/mol. The van der Waals surface area contributed by atoms with Gasteiger partial charge in [0.2, 0.25) is 5.91 Å². The van der Waals surface area contributed by atoms with E-state index >= 15 is 0 Å². The van der Waals surface area contributed by atoms with Crippen LogP contribution in [0.1, 0.15) is 29.5 Å². The molecule has 0 bridgehead atoms. The maximum atomic E-state index is 14.1. The molecular formula is C26H31N3O3. The maximum Gasteiger partial charge on any atom is 0.233 e. The number of carbonyl (C=O) groups is 1. The first-order chi connectivity index (χ1) is 15.7. The van der Waals surface area contributed by atoms with Crippen LogP contribution < -0.4 is 0 Å². The fourth-order valence-electron chi connectivity index (χ4n) is 5.28. The van der Waals surface area contributed by atoms with E-state index in [2.05, 4.69) is 47.3 Å². The third-order valence-electron chi connectivity index (χ3n) is 6.98. The summed E-state index contributed by atoms with van der Waals surface area (Å²) in [5.41, 5.74) is 4.16. The quantitative estimate of drug-likeness (QED) is 0.633. The summed E-state index contributed by atoms with van der Waals surface area (Å²) < 4.78 is 13.5. The zero-order valence-electron chi connectivity index (χ0n) is 18.7. The lowest BCUT2D eigenvalue weighted by Crippen LogP contribution is -2.51. The second kappa shape index (κ2) is 9.04. The Balaban J connectivity index is 1.40. The minimum atomic E-state index is -0.509. The second-order valence-electron chi connectivity index (χ2n) is 9.15. The van der Waals surface area contributed by atoms with Crippen molar-refractivity contribution in [2.24, 2.45) is 5.92 Å². The Morgan fingerprint density at radius 3 is 2.84 bits per heavy atom. The number of rotatable bonds is 4. The van der Waals surface area contributed by atoms with E-state index in [0.29, 0.717) is 39.5 Å². The third-order valence-corrected chi connectivity index (χ3v) is 6.98. The van der Waals surface area contributed by atoms with E-state index in [4.69, 9.17) is 9.47 Å². The third kappa shape index (κ3) is 4.05. The summed E-state index contributed by atoms with van der Waals surface area (Å²) in [7, 11) is 0. The Bertz CT molecular complexity index is 1090. The van der Waals surface area contributed by atoms with E-state index in [1.165, 1.54) is 11.1 Å². The van der Waals surface area contributed by atoms with Crippen LogP contribution in [0.3, 0.4) is 0 Å². The van der Waals surface area contributed by atoms with Crippen LogP contribution >= 0.6 is 0 Å². The van der Waals surface area contributed by atoms with Crippen LogP contribution in [-0.2, 0) is 26.1 Å². The van der Waals surface area contributed by atoms with Gasteiger partial charge < -0.3 is 14.4 Å². The normalized spacial score (nSPS) is 21.4. The molecule has 1 unspecified atom stereocenters. The number of hydrogen-bond donors (Lipinski definition) is 0. The molecule has 1 aromatic carbocycles. The first-order valence-electron chi connectivity index (χ1n) is 11.6. The molecule has 2 aliphatic heterocycles. The summed E-state index contributed by atoms with van der Waals surface area (Å²) >= 11 is 0. The van der Waals surface area contributed by atoms with Gasteiger partial charge >= 0.3 is 0 Å². The van der Waals surface area contributed by atoms with Crippen LogP contribution in [0.25, 0.3) is 5.52 Å². The van der Waals surface area contributed by atoms with Gasteiger partial charge in [-0.05, 0) is 49.4 Å². The molecule has 2 fully saturated rings. The highest BCUT2D eigenvalue weighted by Crippen LogP contribution is 2.37. The van der Waals surface area contributed by atoms with E-state index in [1.54, 1.807) is 0 Å². The molecule has 32 heavy (non-hydrogen) atoms. The van der Waals surface area contributed by atoms with Crippen molar-refractivity contribution >= 4 is 11.4 Å². The van der Waals surface area contributed by atoms with Crippen molar-refractivity contribution < 1.29 is 14.3 Å². The van der Waals surface area contributed by atoms with Crippen molar-refractivity contribution in [1.29, 1.82) is 0 Å². The van der Waals surface area contributed by atoms with Gasteiger partial charge in [-0.25, -0.2) is 4.52 Å². The second-order valence-corrected chi connectivity index (χ2v) is 9.15. The lowest BCUT2D eigenvalue weighted by molar-refractivity contribution is -0.141. The van der Waals surface area contributed by atoms with Crippen LogP contribution in [-0.4, -0.2) is 59.9 Å². The standard InChI is InChI=1S/C26H31N3O3/c1-20-4-2-6-23(16-20)26(8-13-31-14-9-26)25(30)28-12-15-32-19-21(18-28)17-22-5-3-11-29-24(22)7-10-27-29/h2-7,10-11,16,21H,8-9,12-15,17-19H2,1H3. The fourth-order valence-corrected chi connectivity index (χ4v) is 5.28. The average Bonchev–Trinajstić information content (AvgIpc) is 3.19. The Morgan fingerprint density at radius 2 is 2.00 bits per heavy atom. The summed E-state index contributed by atoms with van der Waals surface area (Å²) in [6.45, 7) is 5.93. The minimum absolute atomic E-state index is 0.226. The molecule has 2 saturated heterocycles. The molecule has 0 aliphatic carbocycles. The van der Waals surface area contributed by atoms with E-state index < -0.39 is 5.41 Å². The number of ether oxygens (including phenoxy) is 2. The van der Waals surface area contributed by atoms with Crippen molar-refractivity contribution in [3.05, 3.63) is 71.5 Å². The van der Waals surface area contributed by atoms with Gasteiger partial charge in [0.25, 0.3) is 0 Å². The SMILES string of the molecule is Cc1cccc(C2(C(=O)N3CCOCC(Cc4cccn5nccc45)C3)CCOCC2)c1. The number of pyridine rings is 1. The van der Waals surface area contributed by atoms with Crippen LogP contribution in [0.5, 0.6) is 0 Å². The predicted molar refractivity (Wildman–Crippen MR) is 123 cm³/mol. The van der Waals surface area contributed by atoms with E-state index in [1.807, 2.05) is 29.0 Å².